The highest BCUT2D eigenvalue weighted by Gasteiger charge is 2.17. The summed E-state index contributed by atoms with van der Waals surface area (Å²) >= 11 is 0. The van der Waals surface area contributed by atoms with Crippen LogP contribution in [-0.4, -0.2) is 26.3 Å². The summed E-state index contributed by atoms with van der Waals surface area (Å²) in [5.74, 6) is 0. The van der Waals surface area contributed by atoms with Crippen molar-refractivity contribution in [3.8, 4) is 16.9 Å². The minimum absolute atomic E-state index is 0.321. The van der Waals surface area contributed by atoms with Crippen LogP contribution in [0.4, 0.5) is 0 Å². The van der Waals surface area contributed by atoms with Gasteiger partial charge in [-0.1, -0.05) is 17.3 Å². The first kappa shape index (κ1) is 13.2. The lowest BCUT2D eigenvalue weighted by atomic mass is 10.1. The Hall–Kier alpha value is -2.82. The fraction of sp³-hybridized carbons (Fsp3) is 0.125. The molecular formula is C16H14N4O. The zero-order valence-corrected chi connectivity index (χ0v) is 11.8. The number of aldehydes is 1. The Morgan fingerprint density at radius 3 is 2.57 bits per heavy atom. The van der Waals surface area contributed by atoms with Crippen molar-refractivity contribution in [1.29, 1.82) is 0 Å². The lowest BCUT2D eigenvalue weighted by Crippen LogP contribution is -2.03. The van der Waals surface area contributed by atoms with Crippen molar-refractivity contribution in [2.24, 2.45) is 0 Å². The zero-order valence-electron chi connectivity index (χ0n) is 11.8. The summed E-state index contributed by atoms with van der Waals surface area (Å²) in [7, 11) is 0. The van der Waals surface area contributed by atoms with Gasteiger partial charge in [0.05, 0.1) is 5.69 Å². The summed E-state index contributed by atoms with van der Waals surface area (Å²) in [5.41, 5.74) is 5.05. The number of nitrogens with zero attached hydrogens (tertiary/aromatic N) is 4. The van der Waals surface area contributed by atoms with Gasteiger partial charge in [0.1, 0.15) is 5.69 Å². The van der Waals surface area contributed by atoms with Crippen LogP contribution in [0.2, 0.25) is 0 Å². The number of aromatic nitrogens is 4. The molecule has 5 heteroatoms. The summed E-state index contributed by atoms with van der Waals surface area (Å²) < 4.78 is 1.71. The van der Waals surface area contributed by atoms with Crippen molar-refractivity contribution in [1.82, 2.24) is 20.0 Å². The molecule has 0 spiro atoms. The van der Waals surface area contributed by atoms with Crippen molar-refractivity contribution in [3.63, 3.8) is 0 Å². The van der Waals surface area contributed by atoms with Gasteiger partial charge in [0.15, 0.2) is 12.0 Å². The average molecular weight is 278 g/mol. The highest BCUT2D eigenvalue weighted by atomic mass is 16.1. The molecule has 104 valence electrons. The number of rotatable bonds is 3. The molecule has 1 aromatic carbocycles. The quantitative estimate of drug-likeness (QED) is 0.691. The van der Waals surface area contributed by atoms with Crippen LogP contribution in [0.1, 0.15) is 21.6 Å². The minimum atomic E-state index is 0.321. The van der Waals surface area contributed by atoms with E-state index in [4.69, 9.17) is 0 Å². The smallest absolute Gasteiger partial charge is 0.172 e. The molecule has 0 aliphatic rings. The predicted octanol–water partition coefficient (Wildman–Crippen LogP) is 2.76. The van der Waals surface area contributed by atoms with Gasteiger partial charge in [-0.2, -0.15) is 0 Å². The molecule has 0 amide bonds. The van der Waals surface area contributed by atoms with Gasteiger partial charge < -0.3 is 0 Å². The van der Waals surface area contributed by atoms with Crippen LogP contribution in [-0.2, 0) is 0 Å². The Morgan fingerprint density at radius 2 is 1.86 bits per heavy atom. The van der Waals surface area contributed by atoms with Gasteiger partial charge in [-0.25, -0.2) is 4.68 Å². The van der Waals surface area contributed by atoms with E-state index in [-0.39, 0.29) is 0 Å². The van der Waals surface area contributed by atoms with E-state index in [0.29, 0.717) is 11.4 Å². The fourth-order valence-corrected chi connectivity index (χ4v) is 2.29. The van der Waals surface area contributed by atoms with Crippen molar-refractivity contribution in [3.05, 3.63) is 59.5 Å². The summed E-state index contributed by atoms with van der Waals surface area (Å²) in [5, 5.41) is 8.13. The standard InChI is InChI=1S/C16H14N4O/c1-11-4-3-5-15(12(11)2)20-16(14(10-21)18-19-20)13-6-8-17-9-7-13/h3-10H,1-2H3. The van der Waals surface area contributed by atoms with Crippen molar-refractivity contribution < 1.29 is 4.79 Å². The predicted molar refractivity (Wildman–Crippen MR) is 79.5 cm³/mol. The van der Waals surface area contributed by atoms with Gasteiger partial charge in [-0.05, 0) is 43.2 Å². The van der Waals surface area contributed by atoms with Gasteiger partial charge in [-0.15, -0.1) is 5.10 Å². The lowest BCUT2D eigenvalue weighted by Gasteiger charge is -2.11. The third-order valence-corrected chi connectivity index (χ3v) is 3.57. The number of hydrogen-bond acceptors (Lipinski definition) is 4. The number of pyridine rings is 1. The molecule has 3 aromatic rings. The molecule has 0 saturated carbocycles. The number of hydrogen-bond donors (Lipinski definition) is 0. The van der Waals surface area contributed by atoms with Gasteiger partial charge >= 0.3 is 0 Å². The highest BCUT2D eigenvalue weighted by Crippen LogP contribution is 2.26. The summed E-state index contributed by atoms with van der Waals surface area (Å²) in [6, 6.07) is 9.66. The van der Waals surface area contributed by atoms with Crippen LogP contribution in [0.3, 0.4) is 0 Å². The first-order chi connectivity index (χ1) is 10.2. The molecule has 0 radical (unpaired) electrons. The first-order valence-corrected chi connectivity index (χ1v) is 6.60. The molecule has 0 atom stereocenters. The lowest BCUT2D eigenvalue weighted by molar-refractivity contribution is 0.111. The minimum Gasteiger partial charge on any atom is -0.296 e. The zero-order chi connectivity index (χ0) is 14.8. The third kappa shape index (κ3) is 2.23. The molecular weight excluding hydrogens is 264 g/mol. The first-order valence-electron chi connectivity index (χ1n) is 6.60. The second-order valence-electron chi connectivity index (χ2n) is 4.81. The third-order valence-electron chi connectivity index (χ3n) is 3.57. The summed E-state index contributed by atoms with van der Waals surface area (Å²) in [4.78, 5) is 15.3. The Labute approximate surface area is 122 Å². The topological polar surface area (TPSA) is 60.7 Å². The molecule has 21 heavy (non-hydrogen) atoms. The van der Waals surface area contributed by atoms with E-state index in [2.05, 4.69) is 15.3 Å². The molecule has 0 aliphatic carbocycles. The number of carbonyl (C=O) groups is 1. The molecule has 2 aromatic heterocycles. The SMILES string of the molecule is Cc1cccc(-n2nnc(C=O)c2-c2ccncc2)c1C. The average Bonchev–Trinajstić information content (AvgIpc) is 2.94. The Balaban J connectivity index is 2.28. The number of benzene rings is 1. The maximum absolute atomic E-state index is 11.3. The van der Waals surface area contributed by atoms with E-state index < -0.39 is 0 Å². The molecule has 2 heterocycles. The van der Waals surface area contributed by atoms with Gasteiger partial charge in [0.2, 0.25) is 0 Å². The van der Waals surface area contributed by atoms with Crippen LogP contribution in [0.5, 0.6) is 0 Å². The molecule has 5 nitrogen and oxygen atoms in total. The monoisotopic (exact) mass is 278 g/mol. The Kier molecular flexibility index (Phi) is 3.31. The number of aryl methyl sites for hydroxylation is 1. The van der Waals surface area contributed by atoms with E-state index >= 15 is 0 Å². The number of carbonyl (C=O) groups excluding carboxylic acids is 1. The summed E-state index contributed by atoms with van der Waals surface area (Å²) in [6.45, 7) is 4.08. The van der Waals surface area contributed by atoms with Crippen molar-refractivity contribution >= 4 is 6.29 Å². The van der Waals surface area contributed by atoms with E-state index in [9.17, 15) is 4.79 Å². The van der Waals surface area contributed by atoms with Crippen molar-refractivity contribution in [2.45, 2.75) is 13.8 Å². The second-order valence-corrected chi connectivity index (χ2v) is 4.81. The van der Waals surface area contributed by atoms with Gasteiger partial charge in [0.25, 0.3) is 0 Å². The largest absolute Gasteiger partial charge is 0.296 e. The van der Waals surface area contributed by atoms with Crippen LogP contribution in [0.25, 0.3) is 16.9 Å². The molecule has 0 aliphatic heterocycles. The molecule has 0 unspecified atom stereocenters. The van der Waals surface area contributed by atoms with Gasteiger partial charge in [0, 0.05) is 18.0 Å². The van der Waals surface area contributed by atoms with E-state index in [1.54, 1.807) is 17.1 Å². The van der Waals surface area contributed by atoms with E-state index in [0.717, 1.165) is 28.7 Å². The fourth-order valence-electron chi connectivity index (χ4n) is 2.29. The highest BCUT2D eigenvalue weighted by molar-refractivity contribution is 5.84. The maximum atomic E-state index is 11.3. The molecule has 0 fully saturated rings. The molecule has 0 saturated heterocycles. The van der Waals surface area contributed by atoms with Crippen LogP contribution >= 0.6 is 0 Å². The van der Waals surface area contributed by atoms with Gasteiger partial charge in [-0.3, -0.25) is 9.78 Å². The van der Waals surface area contributed by atoms with Crippen LogP contribution in [0, 0.1) is 13.8 Å². The Morgan fingerprint density at radius 1 is 1.10 bits per heavy atom. The molecule has 0 N–H and O–H groups in total. The Bertz CT molecular complexity index is 793. The van der Waals surface area contributed by atoms with Crippen molar-refractivity contribution in [2.75, 3.05) is 0 Å². The molecule has 3 rings (SSSR count). The maximum Gasteiger partial charge on any atom is 0.172 e. The van der Waals surface area contributed by atoms with E-state index in [1.165, 1.54) is 0 Å². The second kappa shape index (κ2) is 5.28. The summed E-state index contributed by atoms with van der Waals surface area (Å²) in [6.07, 6.45) is 4.10. The van der Waals surface area contributed by atoms with Crippen LogP contribution < -0.4 is 0 Å². The normalized spacial score (nSPS) is 10.6. The molecule has 0 bridgehead atoms. The van der Waals surface area contributed by atoms with Crippen LogP contribution in [0.15, 0.2) is 42.7 Å². The van der Waals surface area contributed by atoms with E-state index in [1.807, 2.05) is 44.2 Å².